The average molecular weight is 268 g/mol. The first kappa shape index (κ1) is 15.9. The maximum absolute atomic E-state index is 11.7. The molecule has 1 fully saturated rings. The minimum atomic E-state index is -1.15. The summed E-state index contributed by atoms with van der Waals surface area (Å²) in [4.78, 5) is 11.7. The Bertz CT molecular complexity index is 377. The summed E-state index contributed by atoms with van der Waals surface area (Å²) in [5.74, 6) is 0.371. The normalized spacial score (nSPS) is 20.2. The van der Waals surface area contributed by atoms with Crippen LogP contribution in [0.15, 0.2) is 23.3 Å². The predicted molar refractivity (Wildman–Crippen MR) is 73.5 cm³/mol. The van der Waals surface area contributed by atoms with Crippen LogP contribution >= 0.6 is 0 Å². The van der Waals surface area contributed by atoms with E-state index in [1.54, 1.807) is 6.08 Å². The summed E-state index contributed by atoms with van der Waals surface area (Å²) in [5, 5.41) is 18.5. The zero-order chi connectivity index (χ0) is 14.6. The van der Waals surface area contributed by atoms with Crippen molar-refractivity contribution in [3.63, 3.8) is 0 Å². The molecule has 1 aliphatic rings. The number of rotatable bonds is 5. The molecule has 19 heavy (non-hydrogen) atoms. The molecule has 1 rings (SSSR count). The van der Waals surface area contributed by atoms with Gasteiger partial charge < -0.3 is 14.9 Å². The topological polar surface area (TPSA) is 66.8 Å². The summed E-state index contributed by atoms with van der Waals surface area (Å²) in [7, 11) is 0. The van der Waals surface area contributed by atoms with Crippen LogP contribution in [-0.4, -0.2) is 35.0 Å². The molecule has 0 amide bonds. The molecule has 4 heteroatoms. The fourth-order valence-electron chi connectivity index (χ4n) is 2.32. The number of hydrogen-bond donors (Lipinski definition) is 2. The van der Waals surface area contributed by atoms with Crippen LogP contribution in [0.25, 0.3) is 0 Å². The number of ether oxygens (including phenoxy) is 1. The first-order chi connectivity index (χ1) is 8.85. The molecule has 108 valence electrons. The van der Waals surface area contributed by atoms with E-state index in [-0.39, 0.29) is 19.6 Å². The van der Waals surface area contributed by atoms with Gasteiger partial charge >= 0.3 is 5.97 Å². The maximum atomic E-state index is 11.7. The highest BCUT2D eigenvalue weighted by Gasteiger charge is 2.42. The van der Waals surface area contributed by atoms with Gasteiger partial charge in [-0.2, -0.15) is 0 Å². The molecule has 0 saturated carbocycles. The van der Waals surface area contributed by atoms with E-state index in [2.05, 4.69) is 27.7 Å². The summed E-state index contributed by atoms with van der Waals surface area (Å²) < 4.78 is 5.08. The third kappa shape index (κ3) is 3.67. The molecule has 0 aromatic carbocycles. The Labute approximate surface area is 114 Å². The lowest BCUT2D eigenvalue weighted by molar-refractivity contribution is -0.154. The molecular weight excluding hydrogens is 244 g/mol. The van der Waals surface area contributed by atoms with Gasteiger partial charge in [-0.25, -0.2) is 4.79 Å². The van der Waals surface area contributed by atoms with Gasteiger partial charge in [0.05, 0.1) is 13.2 Å². The Hall–Kier alpha value is -1.13. The van der Waals surface area contributed by atoms with Gasteiger partial charge in [-0.05, 0) is 11.8 Å². The van der Waals surface area contributed by atoms with E-state index in [1.807, 2.05) is 6.08 Å². The molecule has 1 heterocycles. The standard InChI is InChI=1S/C15H24O4/c1-10(2)13(11(3)4)6-5-12-7-15(8-16,9-17)19-14(12)18/h5-6,10-11,16-17H,7-9H2,1-4H3/b12-5-. The molecule has 0 spiro atoms. The van der Waals surface area contributed by atoms with Crippen LogP contribution in [0, 0.1) is 11.8 Å². The SMILES string of the molecule is CC(C)C(=C/C=C1/CC(CO)(CO)OC1=O)C(C)C. The number of aliphatic hydroxyl groups excluding tert-OH is 2. The number of esters is 1. The molecule has 1 aliphatic heterocycles. The van der Waals surface area contributed by atoms with Crippen LogP contribution in [0.5, 0.6) is 0 Å². The Morgan fingerprint density at radius 3 is 2.16 bits per heavy atom. The highest BCUT2D eigenvalue weighted by Crippen LogP contribution is 2.30. The largest absolute Gasteiger partial charge is 0.450 e. The fraction of sp³-hybridized carbons (Fsp3) is 0.667. The number of allylic oxidation sites excluding steroid dienone is 3. The molecule has 0 aromatic heterocycles. The minimum Gasteiger partial charge on any atom is -0.450 e. The third-order valence-corrected chi connectivity index (χ3v) is 3.47. The van der Waals surface area contributed by atoms with Gasteiger partial charge in [0.2, 0.25) is 0 Å². The number of carbonyl (C=O) groups is 1. The molecule has 4 nitrogen and oxygen atoms in total. The van der Waals surface area contributed by atoms with Gasteiger partial charge in [0.1, 0.15) is 0 Å². The van der Waals surface area contributed by atoms with Crippen molar-refractivity contribution in [2.24, 2.45) is 11.8 Å². The summed E-state index contributed by atoms with van der Waals surface area (Å²) in [6, 6.07) is 0. The fourth-order valence-corrected chi connectivity index (χ4v) is 2.32. The van der Waals surface area contributed by atoms with Crippen molar-refractivity contribution in [3.05, 3.63) is 23.3 Å². The average Bonchev–Trinajstić information content (AvgIpc) is 2.66. The first-order valence-electron chi connectivity index (χ1n) is 6.71. The lowest BCUT2D eigenvalue weighted by atomic mass is 9.91. The Balaban J connectivity index is 2.95. The highest BCUT2D eigenvalue weighted by molar-refractivity contribution is 5.91. The van der Waals surface area contributed by atoms with Crippen molar-refractivity contribution in [2.45, 2.75) is 39.7 Å². The zero-order valence-corrected chi connectivity index (χ0v) is 12.1. The van der Waals surface area contributed by atoms with Gasteiger partial charge in [0.25, 0.3) is 0 Å². The number of cyclic esters (lactones) is 1. The van der Waals surface area contributed by atoms with Crippen molar-refractivity contribution >= 4 is 5.97 Å². The van der Waals surface area contributed by atoms with E-state index in [0.717, 1.165) is 0 Å². The lowest BCUT2D eigenvalue weighted by Crippen LogP contribution is -2.37. The first-order valence-corrected chi connectivity index (χ1v) is 6.71. The van der Waals surface area contributed by atoms with Crippen molar-refractivity contribution in [1.82, 2.24) is 0 Å². The second-order valence-corrected chi connectivity index (χ2v) is 5.73. The number of hydrogen-bond acceptors (Lipinski definition) is 4. The van der Waals surface area contributed by atoms with Crippen molar-refractivity contribution in [3.8, 4) is 0 Å². The quantitative estimate of drug-likeness (QED) is 0.589. The summed E-state index contributed by atoms with van der Waals surface area (Å²) in [6.45, 7) is 7.73. The van der Waals surface area contributed by atoms with Gasteiger partial charge in [-0.1, -0.05) is 45.4 Å². The summed E-state index contributed by atoms with van der Waals surface area (Å²) >= 11 is 0. The molecule has 0 aromatic rings. The molecule has 0 bridgehead atoms. The molecule has 0 atom stereocenters. The van der Waals surface area contributed by atoms with Crippen LogP contribution in [0.3, 0.4) is 0 Å². The summed E-state index contributed by atoms with van der Waals surface area (Å²) in [6.07, 6.45) is 3.96. The van der Waals surface area contributed by atoms with Gasteiger partial charge in [-0.15, -0.1) is 0 Å². The van der Waals surface area contributed by atoms with Gasteiger partial charge in [-0.3, -0.25) is 0 Å². The monoisotopic (exact) mass is 268 g/mol. The second kappa shape index (κ2) is 6.35. The molecule has 0 unspecified atom stereocenters. The molecule has 1 saturated heterocycles. The minimum absolute atomic E-state index is 0.249. The summed E-state index contributed by atoms with van der Waals surface area (Å²) in [5.41, 5.74) is 0.611. The van der Waals surface area contributed by atoms with Crippen molar-refractivity contribution in [2.75, 3.05) is 13.2 Å². The third-order valence-electron chi connectivity index (χ3n) is 3.47. The Morgan fingerprint density at radius 2 is 1.79 bits per heavy atom. The molecule has 0 radical (unpaired) electrons. The molecular formula is C15H24O4. The molecule has 2 N–H and O–H groups in total. The second-order valence-electron chi connectivity index (χ2n) is 5.73. The van der Waals surface area contributed by atoms with Crippen LogP contribution in [0.4, 0.5) is 0 Å². The van der Waals surface area contributed by atoms with Crippen LogP contribution in [0.2, 0.25) is 0 Å². The number of carbonyl (C=O) groups excluding carboxylic acids is 1. The number of aliphatic hydroxyl groups is 2. The van der Waals surface area contributed by atoms with E-state index in [1.165, 1.54) is 5.57 Å². The zero-order valence-electron chi connectivity index (χ0n) is 12.1. The van der Waals surface area contributed by atoms with Gasteiger partial charge in [0.15, 0.2) is 5.60 Å². The van der Waals surface area contributed by atoms with E-state index < -0.39 is 11.6 Å². The van der Waals surface area contributed by atoms with E-state index in [0.29, 0.717) is 17.4 Å². The van der Waals surface area contributed by atoms with E-state index >= 15 is 0 Å². The smallest absolute Gasteiger partial charge is 0.334 e. The highest BCUT2D eigenvalue weighted by atomic mass is 16.6. The van der Waals surface area contributed by atoms with E-state index in [4.69, 9.17) is 4.74 Å². The Kier molecular flexibility index (Phi) is 5.32. The van der Waals surface area contributed by atoms with Crippen LogP contribution < -0.4 is 0 Å². The maximum Gasteiger partial charge on any atom is 0.334 e. The van der Waals surface area contributed by atoms with Crippen LogP contribution in [0.1, 0.15) is 34.1 Å². The molecule has 0 aliphatic carbocycles. The lowest BCUT2D eigenvalue weighted by Gasteiger charge is -2.21. The Morgan fingerprint density at radius 1 is 1.26 bits per heavy atom. The van der Waals surface area contributed by atoms with Crippen molar-refractivity contribution in [1.29, 1.82) is 0 Å². The van der Waals surface area contributed by atoms with Crippen molar-refractivity contribution < 1.29 is 19.7 Å². The van der Waals surface area contributed by atoms with Gasteiger partial charge in [0, 0.05) is 12.0 Å². The van der Waals surface area contributed by atoms with Crippen LogP contribution in [-0.2, 0) is 9.53 Å². The van der Waals surface area contributed by atoms with E-state index in [9.17, 15) is 15.0 Å². The predicted octanol–water partition coefficient (Wildman–Crippen LogP) is 1.82.